The predicted octanol–water partition coefficient (Wildman–Crippen LogP) is 1.15. The third-order valence-corrected chi connectivity index (χ3v) is 4.23. The summed E-state index contributed by atoms with van der Waals surface area (Å²) in [5.74, 6) is 0.464. The van der Waals surface area contributed by atoms with Gasteiger partial charge in [0.15, 0.2) is 0 Å². The summed E-state index contributed by atoms with van der Waals surface area (Å²) in [6.07, 6.45) is 0. The van der Waals surface area contributed by atoms with E-state index in [1.165, 1.54) is 23.1 Å². The molecule has 1 rings (SSSR count). The molecule has 1 atom stereocenters. The van der Waals surface area contributed by atoms with Gasteiger partial charge >= 0.3 is 0 Å². The van der Waals surface area contributed by atoms with Gasteiger partial charge in [-0.1, -0.05) is 6.92 Å². The monoisotopic (exact) mass is 288 g/mol. The number of thioether (sulfide) groups is 1. The molecule has 1 aromatic heterocycles. The molecule has 0 fully saturated rings. The molecule has 100 valence electrons. The van der Waals surface area contributed by atoms with E-state index in [1.807, 2.05) is 6.92 Å². The van der Waals surface area contributed by atoms with Crippen LogP contribution in [0.4, 0.5) is 5.00 Å². The number of nitrogens with one attached hydrogen (secondary N) is 1. The topological polar surface area (TPSA) is 92.4 Å². The van der Waals surface area contributed by atoms with E-state index in [2.05, 4.69) is 5.32 Å². The Morgan fingerprint density at radius 2 is 2.33 bits per heavy atom. The Bertz CT molecular complexity index is 420. The summed E-state index contributed by atoms with van der Waals surface area (Å²) in [4.78, 5) is 22.7. The quantitative estimate of drug-likeness (QED) is 0.701. The van der Waals surface area contributed by atoms with Gasteiger partial charge in [-0.25, -0.2) is 0 Å². The molecule has 1 unspecified atom stereocenters. The second kappa shape index (κ2) is 7.40. The van der Waals surface area contributed by atoms with Crippen LogP contribution in [0.15, 0.2) is 11.4 Å². The minimum atomic E-state index is -0.548. The number of aliphatic hydroxyl groups excluding tert-OH is 1. The van der Waals surface area contributed by atoms with Crippen LogP contribution >= 0.6 is 23.1 Å². The minimum Gasteiger partial charge on any atom is -0.396 e. The molecule has 0 aromatic carbocycles. The van der Waals surface area contributed by atoms with Crippen molar-refractivity contribution >= 4 is 39.9 Å². The van der Waals surface area contributed by atoms with E-state index in [9.17, 15) is 9.59 Å². The second-order valence-electron chi connectivity index (χ2n) is 3.88. The average molecular weight is 288 g/mol. The van der Waals surface area contributed by atoms with Gasteiger partial charge < -0.3 is 16.2 Å². The SMILES string of the molecule is CC(CO)CSCC(=O)Nc1sccc1C(N)=O. The molecule has 0 aliphatic heterocycles. The van der Waals surface area contributed by atoms with Crippen LogP contribution in [-0.2, 0) is 4.79 Å². The lowest BCUT2D eigenvalue weighted by atomic mass is 10.2. The van der Waals surface area contributed by atoms with Gasteiger partial charge in [0.2, 0.25) is 5.91 Å². The number of hydrogen-bond donors (Lipinski definition) is 3. The molecule has 5 nitrogen and oxygen atoms in total. The highest BCUT2D eigenvalue weighted by Crippen LogP contribution is 2.22. The number of carbonyl (C=O) groups is 2. The summed E-state index contributed by atoms with van der Waals surface area (Å²) in [7, 11) is 0. The van der Waals surface area contributed by atoms with Crippen molar-refractivity contribution in [2.24, 2.45) is 11.7 Å². The van der Waals surface area contributed by atoms with E-state index in [1.54, 1.807) is 11.4 Å². The van der Waals surface area contributed by atoms with Crippen molar-refractivity contribution in [2.75, 3.05) is 23.4 Å². The molecule has 0 radical (unpaired) electrons. The highest BCUT2D eigenvalue weighted by atomic mass is 32.2. The van der Waals surface area contributed by atoms with E-state index in [-0.39, 0.29) is 18.4 Å². The Morgan fingerprint density at radius 1 is 1.61 bits per heavy atom. The molecule has 18 heavy (non-hydrogen) atoms. The third kappa shape index (κ3) is 4.67. The zero-order valence-electron chi connectivity index (χ0n) is 10.0. The molecule has 0 aliphatic carbocycles. The van der Waals surface area contributed by atoms with Crippen molar-refractivity contribution in [3.8, 4) is 0 Å². The van der Waals surface area contributed by atoms with Crippen LogP contribution < -0.4 is 11.1 Å². The lowest BCUT2D eigenvalue weighted by molar-refractivity contribution is -0.113. The van der Waals surface area contributed by atoms with Gasteiger partial charge in [0.25, 0.3) is 5.91 Å². The highest BCUT2D eigenvalue weighted by molar-refractivity contribution is 7.99. The van der Waals surface area contributed by atoms with Crippen molar-refractivity contribution in [2.45, 2.75) is 6.92 Å². The molecule has 1 aromatic rings. The molecule has 0 saturated carbocycles. The van der Waals surface area contributed by atoms with Crippen LogP contribution in [0.1, 0.15) is 17.3 Å². The van der Waals surface area contributed by atoms with Gasteiger partial charge in [-0.05, 0) is 23.1 Å². The molecule has 0 spiro atoms. The Labute approximate surface area is 114 Å². The Balaban J connectivity index is 2.40. The molecular weight excluding hydrogens is 272 g/mol. The van der Waals surface area contributed by atoms with Crippen LogP contribution in [0.2, 0.25) is 0 Å². The fourth-order valence-electron chi connectivity index (χ4n) is 1.17. The summed E-state index contributed by atoms with van der Waals surface area (Å²) in [6, 6.07) is 1.59. The molecular formula is C11H16N2O3S2. The van der Waals surface area contributed by atoms with E-state index in [4.69, 9.17) is 10.8 Å². The fraction of sp³-hybridized carbons (Fsp3) is 0.455. The van der Waals surface area contributed by atoms with Gasteiger partial charge in [0.05, 0.1) is 11.3 Å². The third-order valence-electron chi connectivity index (χ3n) is 2.13. The van der Waals surface area contributed by atoms with Crippen molar-refractivity contribution in [1.29, 1.82) is 0 Å². The molecule has 4 N–H and O–H groups in total. The van der Waals surface area contributed by atoms with Crippen LogP contribution in [0.5, 0.6) is 0 Å². The first kappa shape index (κ1) is 15.0. The van der Waals surface area contributed by atoms with E-state index in [0.29, 0.717) is 16.3 Å². The number of hydrogen-bond acceptors (Lipinski definition) is 5. The highest BCUT2D eigenvalue weighted by Gasteiger charge is 2.12. The van der Waals surface area contributed by atoms with Gasteiger partial charge in [-0.2, -0.15) is 11.8 Å². The first-order chi connectivity index (χ1) is 8.54. The summed E-state index contributed by atoms with van der Waals surface area (Å²) in [5.41, 5.74) is 5.51. The van der Waals surface area contributed by atoms with Crippen molar-refractivity contribution in [3.05, 3.63) is 17.0 Å². The van der Waals surface area contributed by atoms with Crippen molar-refractivity contribution < 1.29 is 14.7 Å². The lowest BCUT2D eigenvalue weighted by Gasteiger charge is -2.07. The average Bonchev–Trinajstić information content (AvgIpc) is 2.76. The molecule has 1 heterocycles. The fourth-order valence-corrected chi connectivity index (χ4v) is 2.86. The molecule has 2 amide bonds. The first-order valence-corrected chi connectivity index (χ1v) is 7.43. The standard InChI is InChI=1S/C11H16N2O3S2/c1-7(4-14)5-17-6-9(15)13-11-8(10(12)16)2-3-18-11/h2-3,7,14H,4-6H2,1H3,(H2,12,16)(H,13,15). The van der Waals surface area contributed by atoms with Crippen LogP contribution in [-0.4, -0.2) is 35.0 Å². The second-order valence-corrected chi connectivity index (χ2v) is 5.83. The number of aliphatic hydroxyl groups is 1. The van der Waals surface area contributed by atoms with Crippen LogP contribution in [0, 0.1) is 5.92 Å². The number of thiophene rings is 1. The Hall–Kier alpha value is -1.05. The normalized spacial score (nSPS) is 12.1. The number of amides is 2. The van der Waals surface area contributed by atoms with Gasteiger partial charge in [0.1, 0.15) is 5.00 Å². The number of anilines is 1. The maximum atomic E-state index is 11.6. The van der Waals surface area contributed by atoms with Crippen LogP contribution in [0.3, 0.4) is 0 Å². The van der Waals surface area contributed by atoms with Crippen LogP contribution in [0.25, 0.3) is 0 Å². The maximum absolute atomic E-state index is 11.6. The largest absolute Gasteiger partial charge is 0.396 e. The van der Waals surface area contributed by atoms with Gasteiger partial charge in [-0.15, -0.1) is 11.3 Å². The smallest absolute Gasteiger partial charge is 0.251 e. The van der Waals surface area contributed by atoms with Gasteiger partial charge in [0, 0.05) is 6.61 Å². The number of nitrogens with two attached hydrogens (primary N) is 1. The Morgan fingerprint density at radius 3 is 2.94 bits per heavy atom. The maximum Gasteiger partial charge on any atom is 0.251 e. The van der Waals surface area contributed by atoms with E-state index < -0.39 is 5.91 Å². The first-order valence-electron chi connectivity index (χ1n) is 5.40. The number of carbonyl (C=O) groups excluding carboxylic acids is 2. The zero-order chi connectivity index (χ0) is 13.5. The van der Waals surface area contributed by atoms with E-state index >= 15 is 0 Å². The van der Waals surface area contributed by atoms with Gasteiger partial charge in [-0.3, -0.25) is 9.59 Å². The predicted molar refractivity (Wildman–Crippen MR) is 75.0 cm³/mol. The zero-order valence-corrected chi connectivity index (χ0v) is 11.6. The van der Waals surface area contributed by atoms with Crippen molar-refractivity contribution in [1.82, 2.24) is 0 Å². The molecule has 0 aliphatic rings. The summed E-state index contributed by atoms with van der Waals surface area (Å²) >= 11 is 2.71. The number of rotatable bonds is 7. The Kier molecular flexibility index (Phi) is 6.17. The van der Waals surface area contributed by atoms with Crippen molar-refractivity contribution in [3.63, 3.8) is 0 Å². The molecule has 7 heteroatoms. The summed E-state index contributed by atoms with van der Waals surface area (Å²) in [6.45, 7) is 2.03. The lowest BCUT2D eigenvalue weighted by Crippen LogP contribution is -2.18. The summed E-state index contributed by atoms with van der Waals surface area (Å²) in [5, 5.41) is 13.7. The molecule has 0 saturated heterocycles. The minimum absolute atomic E-state index is 0.116. The molecule has 0 bridgehead atoms. The number of primary amides is 1. The van der Waals surface area contributed by atoms with E-state index in [0.717, 1.165) is 5.75 Å². The summed E-state index contributed by atoms with van der Waals surface area (Å²) < 4.78 is 0.